The molecule has 0 spiro atoms. The summed E-state index contributed by atoms with van der Waals surface area (Å²) < 4.78 is 1.23. The highest BCUT2D eigenvalue weighted by molar-refractivity contribution is 8.00. The normalized spacial score (nSPS) is 12.7. The van der Waals surface area contributed by atoms with Gasteiger partial charge in [0.1, 0.15) is 5.25 Å². The minimum Gasteiger partial charge on any atom is -0.480 e. The van der Waals surface area contributed by atoms with Gasteiger partial charge in [-0.1, -0.05) is 11.8 Å². The third kappa shape index (κ3) is 2.15. The molecule has 0 saturated carbocycles. The highest BCUT2D eigenvalue weighted by atomic mass is 32.2. The molecular weight excluding hydrogens is 208 g/mol. The summed E-state index contributed by atoms with van der Waals surface area (Å²) in [6.07, 6.45) is 0. The van der Waals surface area contributed by atoms with E-state index < -0.39 is 11.2 Å². The summed E-state index contributed by atoms with van der Waals surface area (Å²) in [6.45, 7) is -0.0128. The summed E-state index contributed by atoms with van der Waals surface area (Å²) in [5.41, 5.74) is 4.87. The van der Waals surface area contributed by atoms with Gasteiger partial charge in [-0.2, -0.15) is 0 Å². The third-order valence-electron chi connectivity index (χ3n) is 1.58. The fourth-order valence-corrected chi connectivity index (χ4v) is 1.56. The van der Waals surface area contributed by atoms with Crippen LogP contribution in [0.3, 0.4) is 0 Å². The van der Waals surface area contributed by atoms with Crippen LogP contribution in [0.15, 0.2) is 9.95 Å². The topological polar surface area (TPSA) is 114 Å². The van der Waals surface area contributed by atoms with E-state index in [4.69, 9.17) is 10.8 Å². The molecule has 1 atom stereocenters. The number of thioether (sulfide) groups is 1. The molecule has 4 N–H and O–H groups in total. The van der Waals surface area contributed by atoms with E-state index in [1.54, 1.807) is 0 Å². The minimum absolute atomic E-state index is 0.0128. The first-order valence-electron chi connectivity index (χ1n) is 3.77. The lowest BCUT2D eigenvalue weighted by molar-refractivity contribution is -0.136. The fourth-order valence-electron chi connectivity index (χ4n) is 0.764. The number of hydrogen-bond acceptors (Lipinski definition) is 5. The molecule has 0 bridgehead atoms. The highest BCUT2D eigenvalue weighted by Gasteiger charge is 2.19. The maximum atomic E-state index is 10.9. The second-order valence-electron chi connectivity index (χ2n) is 2.55. The molecule has 0 radical (unpaired) electrons. The van der Waals surface area contributed by atoms with Crippen LogP contribution in [0, 0.1) is 0 Å². The number of aliphatic carboxylic acids is 1. The van der Waals surface area contributed by atoms with Gasteiger partial charge >= 0.3 is 11.7 Å². The van der Waals surface area contributed by atoms with E-state index in [1.165, 1.54) is 11.6 Å². The first kappa shape index (κ1) is 10.8. The number of aromatic amines is 1. The van der Waals surface area contributed by atoms with Gasteiger partial charge in [-0.3, -0.25) is 9.36 Å². The summed E-state index contributed by atoms with van der Waals surface area (Å²) in [5.74, 6) is -1.02. The van der Waals surface area contributed by atoms with Crippen molar-refractivity contribution in [3.05, 3.63) is 10.5 Å². The van der Waals surface area contributed by atoms with E-state index in [0.29, 0.717) is 5.16 Å². The molecule has 8 heteroatoms. The second-order valence-corrected chi connectivity index (χ2v) is 3.72. The Hall–Kier alpha value is -1.28. The standard InChI is InChI=1S/C6H10N4O3S/c1-10-5(13)8-9-6(10)14-3(2-7)4(11)12/h3H,2,7H2,1H3,(H,8,13)(H,11,12). The van der Waals surface area contributed by atoms with Gasteiger partial charge in [-0.15, -0.1) is 5.10 Å². The Morgan fingerprint density at radius 3 is 2.86 bits per heavy atom. The van der Waals surface area contributed by atoms with Crippen LogP contribution >= 0.6 is 11.8 Å². The number of aromatic nitrogens is 3. The first-order valence-corrected chi connectivity index (χ1v) is 4.65. The Bertz CT molecular complexity index is 385. The van der Waals surface area contributed by atoms with Crippen molar-refractivity contribution >= 4 is 17.7 Å². The summed E-state index contributed by atoms with van der Waals surface area (Å²) >= 11 is 0.940. The minimum atomic E-state index is -1.02. The molecule has 78 valence electrons. The summed E-state index contributed by atoms with van der Waals surface area (Å²) in [5, 5.41) is 14.1. The Balaban J connectivity index is 2.82. The van der Waals surface area contributed by atoms with Crippen LogP contribution in [0.1, 0.15) is 0 Å². The van der Waals surface area contributed by atoms with Crippen molar-refractivity contribution in [1.82, 2.24) is 14.8 Å². The van der Waals surface area contributed by atoms with Crippen LogP contribution in [0.25, 0.3) is 0 Å². The number of carboxylic acid groups (broad SMARTS) is 1. The number of nitrogens with one attached hydrogen (secondary N) is 1. The number of nitrogens with zero attached hydrogens (tertiary/aromatic N) is 2. The van der Waals surface area contributed by atoms with Gasteiger partial charge in [0.05, 0.1) is 0 Å². The van der Waals surface area contributed by atoms with Crippen LogP contribution in [0.2, 0.25) is 0 Å². The molecule has 0 aliphatic carbocycles. The van der Waals surface area contributed by atoms with Gasteiger partial charge in [0, 0.05) is 13.6 Å². The number of hydrogen-bond donors (Lipinski definition) is 3. The Labute approximate surface area is 83.3 Å². The zero-order valence-corrected chi connectivity index (χ0v) is 8.24. The smallest absolute Gasteiger partial charge is 0.343 e. The number of carboxylic acids is 1. The number of nitrogens with two attached hydrogens (primary N) is 1. The van der Waals surface area contributed by atoms with Crippen molar-refractivity contribution in [3.63, 3.8) is 0 Å². The van der Waals surface area contributed by atoms with E-state index in [1.807, 2.05) is 0 Å². The molecule has 1 aromatic heterocycles. The molecule has 0 aromatic carbocycles. The lowest BCUT2D eigenvalue weighted by atomic mass is 10.4. The molecule has 1 heterocycles. The largest absolute Gasteiger partial charge is 0.480 e. The quantitative estimate of drug-likeness (QED) is 0.536. The highest BCUT2D eigenvalue weighted by Crippen LogP contribution is 2.18. The molecule has 0 fully saturated rings. The Kier molecular flexibility index (Phi) is 3.31. The van der Waals surface area contributed by atoms with Crippen LogP contribution in [0.4, 0.5) is 0 Å². The molecule has 7 nitrogen and oxygen atoms in total. The zero-order valence-electron chi connectivity index (χ0n) is 7.43. The number of carbonyl (C=O) groups is 1. The predicted molar refractivity (Wildman–Crippen MR) is 50.2 cm³/mol. The van der Waals surface area contributed by atoms with Gasteiger partial charge in [-0.25, -0.2) is 9.89 Å². The van der Waals surface area contributed by atoms with E-state index in [9.17, 15) is 9.59 Å². The van der Waals surface area contributed by atoms with Crippen LogP contribution < -0.4 is 11.4 Å². The van der Waals surface area contributed by atoms with Crippen molar-refractivity contribution in [2.24, 2.45) is 12.8 Å². The average molecular weight is 218 g/mol. The van der Waals surface area contributed by atoms with Gasteiger partial charge in [0.15, 0.2) is 5.16 Å². The van der Waals surface area contributed by atoms with Crippen LogP contribution in [-0.2, 0) is 11.8 Å². The molecule has 1 unspecified atom stereocenters. The van der Waals surface area contributed by atoms with Crippen molar-refractivity contribution in [2.75, 3.05) is 6.54 Å². The van der Waals surface area contributed by atoms with Crippen LogP contribution in [-0.4, -0.2) is 37.6 Å². The second kappa shape index (κ2) is 4.29. The SMILES string of the molecule is Cn1c(SC(CN)C(=O)O)n[nH]c1=O. The third-order valence-corrected chi connectivity index (χ3v) is 2.83. The van der Waals surface area contributed by atoms with Gasteiger partial charge < -0.3 is 10.8 Å². The summed E-state index contributed by atoms with van der Waals surface area (Å²) in [6, 6.07) is 0. The molecule has 0 aliphatic heterocycles. The lowest BCUT2D eigenvalue weighted by Crippen LogP contribution is -2.26. The maximum Gasteiger partial charge on any atom is 0.343 e. The zero-order chi connectivity index (χ0) is 10.7. The van der Waals surface area contributed by atoms with E-state index >= 15 is 0 Å². The first-order chi connectivity index (χ1) is 6.56. The van der Waals surface area contributed by atoms with E-state index in [-0.39, 0.29) is 12.2 Å². The molecule has 14 heavy (non-hydrogen) atoms. The molecule has 0 amide bonds. The lowest BCUT2D eigenvalue weighted by Gasteiger charge is -2.06. The van der Waals surface area contributed by atoms with Crippen molar-refractivity contribution in [3.8, 4) is 0 Å². The Morgan fingerprint density at radius 2 is 2.50 bits per heavy atom. The van der Waals surface area contributed by atoms with Crippen molar-refractivity contribution in [2.45, 2.75) is 10.4 Å². The van der Waals surface area contributed by atoms with Gasteiger partial charge in [0.25, 0.3) is 0 Å². The summed E-state index contributed by atoms with van der Waals surface area (Å²) in [4.78, 5) is 21.6. The monoisotopic (exact) mass is 218 g/mol. The summed E-state index contributed by atoms with van der Waals surface area (Å²) in [7, 11) is 1.50. The van der Waals surface area contributed by atoms with E-state index in [2.05, 4.69) is 10.2 Å². The predicted octanol–water partition coefficient (Wildman–Crippen LogP) is -1.39. The Morgan fingerprint density at radius 1 is 1.86 bits per heavy atom. The van der Waals surface area contributed by atoms with E-state index in [0.717, 1.165) is 11.8 Å². The van der Waals surface area contributed by atoms with Crippen LogP contribution in [0.5, 0.6) is 0 Å². The molecule has 1 aromatic rings. The molecule has 0 saturated heterocycles. The van der Waals surface area contributed by atoms with Gasteiger partial charge in [-0.05, 0) is 0 Å². The van der Waals surface area contributed by atoms with Crippen molar-refractivity contribution < 1.29 is 9.90 Å². The van der Waals surface area contributed by atoms with Gasteiger partial charge in [0.2, 0.25) is 0 Å². The number of H-pyrrole nitrogens is 1. The average Bonchev–Trinajstić information content (AvgIpc) is 2.44. The molecule has 0 aliphatic rings. The molecular formula is C6H10N4O3S. The fraction of sp³-hybridized carbons (Fsp3) is 0.500. The maximum absolute atomic E-state index is 10.9. The molecule has 1 rings (SSSR count). The number of rotatable bonds is 4. The van der Waals surface area contributed by atoms with Crippen molar-refractivity contribution in [1.29, 1.82) is 0 Å².